The van der Waals surface area contributed by atoms with Gasteiger partial charge in [0.1, 0.15) is 11.3 Å². The summed E-state index contributed by atoms with van der Waals surface area (Å²) in [5.74, 6) is 0.700. The Hall–Kier alpha value is -2.96. The molecule has 0 saturated heterocycles. The molecular formula is C33H45F3N2O2. The second kappa shape index (κ2) is 11.9. The second-order valence-corrected chi connectivity index (χ2v) is 13.2. The summed E-state index contributed by atoms with van der Waals surface area (Å²) >= 11 is 0. The molecule has 7 heteroatoms. The van der Waals surface area contributed by atoms with Gasteiger partial charge in [0.25, 0.3) is 0 Å². The topological polar surface area (TPSA) is 50.4 Å². The molecule has 2 aromatic carbocycles. The third-order valence-corrected chi connectivity index (χ3v) is 7.65. The van der Waals surface area contributed by atoms with Gasteiger partial charge in [-0.15, -0.1) is 0 Å². The lowest BCUT2D eigenvalue weighted by atomic mass is 9.77. The van der Waals surface area contributed by atoms with E-state index >= 15 is 0 Å². The smallest absolute Gasteiger partial charge is 0.416 e. The summed E-state index contributed by atoms with van der Waals surface area (Å²) in [7, 11) is 1.71. The summed E-state index contributed by atoms with van der Waals surface area (Å²) in [5.41, 5.74) is 2.65. The molecule has 0 heterocycles. The van der Waals surface area contributed by atoms with Crippen LogP contribution in [0.1, 0.15) is 101 Å². The van der Waals surface area contributed by atoms with Crippen molar-refractivity contribution in [3.63, 3.8) is 0 Å². The van der Waals surface area contributed by atoms with Crippen LogP contribution in [0, 0.1) is 0 Å². The van der Waals surface area contributed by atoms with Crippen molar-refractivity contribution in [3.8, 4) is 5.75 Å². The average molecular weight is 559 g/mol. The largest absolute Gasteiger partial charge is 0.496 e. The van der Waals surface area contributed by atoms with Gasteiger partial charge in [0.15, 0.2) is 0 Å². The number of hydrogen-bond acceptors (Lipinski definition) is 3. The Labute approximate surface area is 237 Å². The van der Waals surface area contributed by atoms with Crippen molar-refractivity contribution in [1.29, 1.82) is 0 Å². The zero-order valence-corrected chi connectivity index (χ0v) is 25.1. The van der Waals surface area contributed by atoms with Gasteiger partial charge >= 0.3 is 6.18 Å². The normalized spacial score (nSPS) is 15.8. The van der Waals surface area contributed by atoms with Gasteiger partial charge in [0, 0.05) is 29.8 Å². The maximum absolute atomic E-state index is 13.6. The van der Waals surface area contributed by atoms with Crippen LogP contribution in [0.5, 0.6) is 5.75 Å². The maximum atomic E-state index is 13.6. The van der Waals surface area contributed by atoms with Gasteiger partial charge in [0.05, 0.1) is 12.7 Å². The van der Waals surface area contributed by atoms with Crippen molar-refractivity contribution in [3.05, 3.63) is 76.5 Å². The van der Waals surface area contributed by atoms with Crippen LogP contribution in [0.25, 0.3) is 0 Å². The molecule has 220 valence electrons. The number of methoxy groups -OCH3 is 1. The van der Waals surface area contributed by atoms with Gasteiger partial charge in [-0.1, -0.05) is 91.6 Å². The van der Waals surface area contributed by atoms with E-state index in [-0.39, 0.29) is 23.3 Å². The molecule has 1 amide bonds. The molecule has 0 aromatic heterocycles. The number of rotatable bonds is 8. The zero-order valence-electron chi connectivity index (χ0n) is 25.1. The van der Waals surface area contributed by atoms with Crippen LogP contribution >= 0.6 is 0 Å². The highest BCUT2D eigenvalue weighted by Crippen LogP contribution is 2.41. The molecule has 0 aliphatic heterocycles. The van der Waals surface area contributed by atoms with Crippen molar-refractivity contribution >= 4 is 5.91 Å². The molecule has 1 fully saturated rings. The van der Waals surface area contributed by atoms with Gasteiger partial charge in [-0.2, -0.15) is 13.2 Å². The lowest BCUT2D eigenvalue weighted by molar-refractivity contribution is -0.137. The van der Waals surface area contributed by atoms with Crippen molar-refractivity contribution < 1.29 is 22.7 Å². The Morgan fingerprint density at radius 3 is 2.00 bits per heavy atom. The van der Waals surface area contributed by atoms with E-state index in [1.807, 2.05) is 0 Å². The third-order valence-electron chi connectivity index (χ3n) is 7.65. The number of allylic oxidation sites excluding steroid dienone is 1. The molecular weight excluding hydrogens is 513 g/mol. The first-order valence-electron chi connectivity index (χ1n) is 14.1. The molecule has 0 atom stereocenters. The Kier molecular flexibility index (Phi) is 9.37. The molecule has 0 bridgehead atoms. The predicted octanol–water partition coefficient (Wildman–Crippen LogP) is 7.97. The number of carbonyl (C=O) groups is 1. The number of nitrogens with one attached hydrogen (secondary N) is 2. The SMILES string of the molecule is C=C(Cc1cc(C(C)(C)C)c(OC)c(C(C)(C)C)c1)NC1(C(=O)NCc2cccc(C(F)(F)F)c2)CCCCC1. The summed E-state index contributed by atoms with van der Waals surface area (Å²) in [6.07, 6.45) is 0.223. The van der Waals surface area contributed by atoms with Gasteiger partial charge in [-0.25, -0.2) is 0 Å². The molecule has 0 unspecified atom stereocenters. The minimum Gasteiger partial charge on any atom is -0.496 e. The Bertz CT molecular complexity index is 1180. The number of alkyl halides is 3. The van der Waals surface area contributed by atoms with Crippen LogP contribution in [-0.4, -0.2) is 18.6 Å². The predicted molar refractivity (Wildman–Crippen MR) is 155 cm³/mol. The molecule has 0 spiro atoms. The molecule has 1 aliphatic carbocycles. The summed E-state index contributed by atoms with van der Waals surface area (Å²) < 4.78 is 45.3. The summed E-state index contributed by atoms with van der Waals surface area (Å²) in [5, 5.41) is 6.38. The van der Waals surface area contributed by atoms with Crippen LogP contribution in [0.3, 0.4) is 0 Å². The van der Waals surface area contributed by atoms with E-state index in [9.17, 15) is 18.0 Å². The van der Waals surface area contributed by atoms with Crippen LogP contribution < -0.4 is 15.4 Å². The fourth-order valence-electron chi connectivity index (χ4n) is 5.53. The third kappa shape index (κ3) is 7.61. The summed E-state index contributed by atoms with van der Waals surface area (Å²) in [6, 6.07) is 9.43. The van der Waals surface area contributed by atoms with Crippen molar-refractivity contribution in [2.24, 2.45) is 0 Å². The van der Waals surface area contributed by atoms with Crippen molar-refractivity contribution in [1.82, 2.24) is 10.6 Å². The van der Waals surface area contributed by atoms with Crippen LogP contribution in [-0.2, 0) is 34.8 Å². The van der Waals surface area contributed by atoms with Gasteiger partial charge < -0.3 is 15.4 Å². The molecule has 0 radical (unpaired) electrons. The zero-order chi connectivity index (χ0) is 29.9. The molecule has 2 N–H and O–H groups in total. The van der Waals surface area contributed by atoms with Crippen LogP contribution in [0.15, 0.2) is 48.7 Å². The van der Waals surface area contributed by atoms with E-state index in [0.717, 1.165) is 59.5 Å². The first-order valence-corrected chi connectivity index (χ1v) is 14.1. The number of carbonyl (C=O) groups excluding carboxylic acids is 1. The number of benzene rings is 2. The molecule has 1 saturated carbocycles. The number of halogens is 3. The van der Waals surface area contributed by atoms with Crippen molar-refractivity contribution in [2.45, 2.75) is 109 Å². The van der Waals surface area contributed by atoms with E-state index < -0.39 is 17.3 Å². The monoisotopic (exact) mass is 558 g/mol. The molecule has 40 heavy (non-hydrogen) atoms. The molecule has 2 aromatic rings. The van der Waals surface area contributed by atoms with E-state index in [1.54, 1.807) is 13.2 Å². The highest BCUT2D eigenvalue weighted by atomic mass is 19.4. The maximum Gasteiger partial charge on any atom is 0.416 e. The van der Waals surface area contributed by atoms with E-state index in [4.69, 9.17) is 4.74 Å². The number of hydrogen-bond donors (Lipinski definition) is 2. The van der Waals surface area contributed by atoms with Gasteiger partial charge in [0.2, 0.25) is 5.91 Å². The Balaban J connectivity index is 1.83. The highest BCUT2D eigenvalue weighted by molar-refractivity contribution is 5.86. The van der Waals surface area contributed by atoms with E-state index in [0.29, 0.717) is 24.8 Å². The summed E-state index contributed by atoms with van der Waals surface area (Å²) in [4.78, 5) is 13.6. The fraction of sp³-hybridized carbons (Fsp3) is 0.545. The first kappa shape index (κ1) is 31.6. The van der Waals surface area contributed by atoms with E-state index in [1.165, 1.54) is 6.07 Å². The highest BCUT2D eigenvalue weighted by Gasteiger charge is 2.40. The van der Waals surface area contributed by atoms with Crippen LogP contribution in [0.4, 0.5) is 13.2 Å². The Morgan fingerprint density at radius 1 is 0.925 bits per heavy atom. The average Bonchev–Trinajstić information content (AvgIpc) is 2.85. The number of amides is 1. The lowest BCUT2D eigenvalue weighted by Crippen LogP contribution is -2.57. The molecule has 4 nitrogen and oxygen atoms in total. The lowest BCUT2D eigenvalue weighted by Gasteiger charge is -2.38. The first-order chi connectivity index (χ1) is 18.5. The van der Waals surface area contributed by atoms with Gasteiger partial charge in [-0.05, 0) is 46.9 Å². The molecule has 1 aliphatic rings. The quantitative estimate of drug-likeness (QED) is 0.345. The Morgan fingerprint density at radius 2 is 1.50 bits per heavy atom. The van der Waals surface area contributed by atoms with Gasteiger partial charge in [-0.3, -0.25) is 4.79 Å². The van der Waals surface area contributed by atoms with E-state index in [2.05, 4.69) is 70.9 Å². The molecule has 3 rings (SSSR count). The van der Waals surface area contributed by atoms with Crippen LogP contribution in [0.2, 0.25) is 0 Å². The van der Waals surface area contributed by atoms with Crippen molar-refractivity contribution in [2.75, 3.05) is 7.11 Å². The minimum atomic E-state index is -4.43. The summed E-state index contributed by atoms with van der Waals surface area (Å²) in [6.45, 7) is 17.3. The minimum absolute atomic E-state index is 0.0288. The second-order valence-electron chi connectivity index (χ2n) is 13.2. The number of ether oxygens (including phenoxy) is 1. The standard InChI is InChI=1S/C33H45F3N2O2/c1-22(17-24-19-26(30(2,3)4)28(40-8)27(20-24)31(5,6)7)38-32(15-10-9-11-16-32)29(39)37-21-23-13-12-14-25(18-23)33(34,35)36/h12-14,18-20,38H,1,9-11,15-17,21H2,2-8H3,(H,37,39). The fourth-order valence-corrected chi connectivity index (χ4v) is 5.53.